The fourth-order valence-corrected chi connectivity index (χ4v) is 2.67. The Morgan fingerprint density at radius 1 is 1.47 bits per heavy atom. The number of thioether (sulfide) groups is 1. The molecule has 0 aromatic carbocycles. The molecule has 0 radical (unpaired) electrons. The molecule has 0 amide bonds. The van der Waals surface area contributed by atoms with Crippen molar-refractivity contribution in [3.05, 3.63) is 17.3 Å². The highest BCUT2D eigenvalue weighted by atomic mass is 35.5. The number of anilines is 2. The fourth-order valence-electron chi connectivity index (χ4n) is 1.71. The molecule has 0 bridgehead atoms. The van der Waals surface area contributed by atoms with Crippen molar-refractivity contribution >= 4 is 34.9 Å². The standard InChI is InChI=1S/C12H20ClN3S/c1-4-12(5-2,17-3)8-16-11-10(14)6-9(13)7-15-11/h6-7H,4-5,8,14H2,1-3H3,(H,15,16). The molecule has 96 valence electrons. The van der Waals surface area contributed by atoms with E-state index in [-0.39, 0.29) is 4.75 Å². The number of pyridine rings is 1. The normalized spacial score (nSPS) is 11.5. The van der Waals surface area contributed by atoms with Crippen LogP contribution in [0.5, 0.6) is 0 Å². The average molecular weight is 274 g/mol. The number of nitrogens with two attached hydrogens (primary N) is 1. The van der Waals surface area contributed by atoms with Crippen molar-refractivity contribution in [2.24, 2.45) is 0 Å². The highest BCUT2D eigenvalue weighted by Crippen LogP contribution is 2.31. The van der Waals surface area contributed by atoms with Crippen LogP contribution in [0.3, 0.4) is 0 Å². The van der Waals surface area contributed by atoms with E-state index in [4.69, 9.17) is 17.3 Å². The van der Waals surface area contributed by atoms with E-state index in [1.165, 1.54) is 0 Å². The Kier molecular flexibility index (Phi) is 5.40. The van der Waals surface area contributed by atoms with Crippen LogP contribution in [-0.2, 0) is 0 Å². The molecular weight excluding hydrogens is 254 g/mol. The van der Waals surface area contributed by atoms with Crippen LogP contribution in [0.4, 0.5) is 11.5 Å². The molecule has 0 fully saturated rings. The second kappa shape index (κ2) is 6.36. The minimum Gasteiger partial charge on any atom is -0.396 e. The topological polar surface area (TPSA) is 50.9 Å². The van der Waals surface area contributed by atoms with Gasteiger partial charge >= 0.3 is 0 Å². The van der Waals surface area contributed by atoms with Gasteiger partial charge in [0, 0.05) is 17.5 Å². The van der Waals surface area contributed by atoms with Gasteiger partial charge in [-0.15, -0.1) is 0 Å². The van der Waals surface area contributed by atoms with Crippen molar-refractivity contribution in [3.63, 3.8) is 0 Å². The van der Waals surface area contributed by atoms with Gasteiger partial charge in [0.25, 0.3) is 0 Å². The Labute approximate surface area is 113 Å². The maximum absolute atomic E-state index is 5.86. The van der Waals surface area contributed by atoms with Crippen LogP contribution in [-0.4, -0.2) is 22.5 Å². The van der Waals surface area contributed by atoms with Crippen LogP contribution in [0.15, 0.2) is 12.3 Å². The lowest BCUT2D eigenvalue weighted by Crippen LogP contribution is -2.32. The van der Waals surface area contributed by atoms with Crippen LogP contribution < -0.4 is 11.1 Å². The van der Waals surface area contributed by atoms with Crippen LogP contribution in [0, 0.1) is 0 Å². The van der Waals surface area contributed by atoms with Crippen molar-refractivity contribution in [1.29, 1.82) is 0 Å². The summed E-state index contributed by atoms with van der Waals surface area (Å²) in [5.41, 5.74) is 6.46. The lowest BCUT2D eigenvalue weighted by atomic mass is 10.0. The van der Waals surface area contributed by atoms with Gasteiger partial charge in [-0.25, -0.2) is 4.98 Å². The van der Waals surface area contributed by atoms with Gasteiger partial charge in [-0.3, -0.25) is 0 Å². The van der Waals surface area contributed by atoms with Gasteiger partial charge in [-0.1, -0.05) is 25.4 Å². The monoisotopic (exact) mass is 273 g/mol. The Morgan fingerprint density at radius 3 is 2.59 bits per heavy atom. The largest absolute Gasteiger partial charge is 0.396 e. The minimum absolute atomic E-state index is 0.244. The molecule has 0 spiro atoms. The third-order valence-electron chi connectivity index (χ3n) is 3.18. The molecule has 1 aromatic heterocycles. The van der Waals surface area contributed by atoms with E-state index in [1.54, 1.807) is 12.3 Å². The van der Waals surface area contributed by atoms with Crippen molar-refractivity contribution < 1.29 is 0 Å². The minimum atomic E-state index is 0.244. The first kappa shape index (κ1) is 14.5. The Morgan fingerprint density at radius 2 is 2.12 bits per heavy atom. The summed E-state index contributed by atoms with van der Waals surface area (Å²) in [4.78, 5) is 4.21. The van der Waals surface area contributed by atoms with Crippen molar-refractivity contribution in [2.45, 2.75) is 31.4 Å². The molecule has 0 atom stereocenters. The molecule has 1 aromatic rings. The first-order valence-electron chi connectivity index (χ1n) is 5.77. The molecule has 0 aliphatic heterocycles. The predicted molar refractivity (Wildman–Crippen MR) is 79.0 cm³/mol. The van der Waals surface area contributed by atoms with Gasteiger partial charge < -0.3 is 11.1 Å². The van der Waals surface area contributed by atoms with E-state index >= 15 is 0 Å². The summed E-state index contributed by atoms with van der Waals surface area (Å²) in [6.07, 6.45) is 5.99. The molecule has 0 aliphatic rings. The molecule has 5 heteroatoms. The van der Waals surface area contributed by atoms with E-state index in [0.717, 1.165) is 25.2 Å². The number of nitrogen functional groups attached to an aromatic ring is 1. The number of halogens is 1. The van der Waals surface area contributed by atoms with E-state index < -0.39 is 0 Å². The van der Waals surface area contributed by atoms with E-state index in [2.05, 4.69) is 30.4 Å². The van der Waals surface area contributed by atoms with Gasteiger partial charge in [-0.05, 0) is 25.2 Å². The summed E-state index contributed by atoms with van der Waals surface area (Å²) >= 11 is 7.70. The Balaban J connectivity index is 2.72. The van der Waals surface area contributed by atoms with Gasteiger partial charge in [0.15, 0.2) is 0 Å². The summed E-state index contributed by atoms with van der Waals surface area (Å²) < 4.78 is 0.244. The zero-order chi connectivity index (χ0) is 12.9. The third-order valence-corrected chi connectivity index (χ3v) is 4.98. The van der Waals surface area contributed by atoms with Crippen LogP contribution in [0.2, 0.25) is 5.02 Å². The maximum atomic E-state index is 5.86. The van der Waals surface area contributed by atoms with Crippen LogP contribution in [0.25, 0.3) is 0 Å². The second-order valence-corrected chi connectivity index (χ2v) is 5.75. The lowest BCUT2D eigenvalue weighted by molar-refractivity contribution is 0.574. The smallest absolute Gasteiger partial charge is 0.149 e. The van der Waals surface area contributed by atoms with E-state index in [1.807, 2.05) is 11.8 Å². The van der Waals surface area contributed by atoms with Crippen molar-refractivity contribution in [2.75, 3.05) is 23.9 Å². The second-order valence-electron chi connectivity index (χ2n) is 4.04. The van der Waals surface area contributed by atoms with Gasteiger partial charge in [0.2, 0.25) is 0 Å². The molecule has 0 saturated carbocycles. The molecule has 0 aliphatic carbocycles. The quantitative estimate of drug-likeness (QED) is 0.831. The van der Waals surface area contributed by atoms with Crippen LogP contribution >= 0.6 is 23.4 Å². The SMILES string of the molecule is CCC(CC)(CNc1ncc(Cl)cc1N)SC. The predicted octanol–water partition coefficient (Wildman–Crippen LogP) is 3.65. The number of hydrogen-bond donors (Lipinski definition) is 2. The average Bonchev–Trinajstić information content (AvgIpc) is 2.33. The summed E-state index contributed by atoms with van der Waals surface area (Å²) in [7, 11) is 0. The molecule has 3 N–H and O–H groups in total. The molecule has 0 saturated heterocycles. The number of rotatable bonds is 6. The molecule has 1 rings (SSSR count). The number of nitrogens with one attached hydrogen (secondary N) is 1. The van der Waals surface area contributed by atoms with E-state index in [0.29, 0.717) is 10.7 Å². The summed E-state index contributed by atoms with van der Waals surface area (Å²) in [6.45, 7) is 5.28. The summed E-state index contributed by atoms with van der Waals surface area (Å²) in [5, 5.41) is 3.88. The fraction of sp³-hybridized carbons (Fsp3) is 0.583. The molecular formula is C12H20ClN3S. The number of hydrogen-bond acceptors (Lipinski definition) is 4. The third kappa shape index (κ3) is 3.68. The number of nitrogens with zero attached hydrogens (tertiary/aromatic N) is 1. The molecule has 17 heavy (non-hydrogen) atoms. The number of aromatic nitrogens is 1. The summed E-state index contributed by atoms with van der Waals surface area (Å²) in [6, 6.07) is 1.72. The van der Waals surface area contributed by atoms with Gasteiger partial charge in [0.05, 0.1) is 10.7 Å². The highest BCUT2D eigenvalue weighted by Gasteiger charge is 2.24. The zero-order valence-electron chi connectivity index (χ0n) is 10.6. The van der Waals surface area contributed by atoms with E-state index in [9.17, 15) is 0 Å². The Hall–Kier alpha value is -0.610. The molecule has 0 unspecified atom stereocenters. The maximum Gasteiger partial charge on any atom is 0.149 e. The van der Waals surface area contributed by atoms with Crippen LogP contribution in [0.1, 0.15) is 26.7 Å². The first-order valence-corrected chi connectivity index (χ1v) is 7.37. The lowest BCUT2D eigenvalue weighted by Gasteiger charge is -2.30. The van der Waals surface area contributed by atoms with Crippen molar-refractivity contribution in [3.8, 4) is 0 Å². The highest BCUT2D eigenvalue weighted by molar-refractivity contribution is 8.00. The molecule has 3 nitrogen and oxygen atoms in total. The van der Waals surface area contributed by atoms with Gasteiger partial charge in [-0.2, -0.15) is 11.8 Å². The van der Waals surface area contributed by atoms with Crippen molar-refractivity contribution in [1.82, 2.24) is 4.98 Å². The summed E-state index contributed by atoms with van der Waals surface area (Å²) in [5.74, 6) is 0.717. The Bertz CT molecular complexity index is 359. The molecule has 1 heterocycles. The van der Waals surface area contributed by atoms with Gasteiger partial charge in [0.1, 0.15) is 5.82 Å². The first-order chi connectivity index (χ1) is 8.06. The zero-order valence-corrected chi connectivity index (χ0v) is 12.2.